The average molecular weight is 371 g/mol. The summed E-state index contributed by atoms with van der Waals surface area (Å²) in [5.74, 6) is -2.48. The Morgan fingerprint density at radius 2 is 2.08 bits per heavy atom. The van der Waals surface area contributed by atoms with Gasteiger partial charge in [0.15, 0.2) is 0 Å². The van der Waals surface area contributed by atoms with Crippen LogP contribution in [0.3, 0.4) is 0 Å². The van der Waals surface area contributed by atoms with E-state index in [1.165, 1.54) is 6.07 Å². The summed E-state index contributed by atoms with van der Waals surface area (Å²) in [5.41, 5.74) is 0.746. The molecule has 0 saturated carbocycles. The van der Waals surface area contributed by atoms with Gasteiger partial charge in [-0.2, -0.15) is 0 Å². The normalized spacial score (nSPS) is 17.3. The summed E-state index contributed by atoms with van der Waals surface area (Å²) in [6, 6.07) is 4.62. The molecular formula is C16H16Cl2N2O4. The Morgan fingerprint density at radius 3 is 2.75 bits per heavy atom. The summed E-state index contributed by atoms with van der Waals surface area (Å²) in [7, 11) is 0. The lowest BCUT2D eigenvalue weighted by atomic mass is 9.89. The molecule has 1 aliphatic heterocycles. The lowest BCUT2D eigenvalue weighted by molar-refractivity contribution is -0.141. The summed E-state index contributed by atoms with van der Waals surface area (Å²) >= 11 is 11.9. The number of allylic oxidation sites excluding steroid dienone is 1. The Bertz CT molecular complexity index is 731. The molecule has 0 spiro atoms. The SMILES string of the molecule is CCOC(=O)C1=C(C)NC(=O)CC1C(=O)Nc1cc(Cl)ccc1Cl. The molecule has 2 N–H and O–H groups in total. The van der Waals surface area contributed by atoms with Crippen molar-refractivity contribution in [2.45, 2.75) is 20.3 Å². The molecular weight excluding hydrogens is 355 g/mol. The van der Waals surface area contributed by atoms with Gasteiger partial charge in [0, 0.05) is 17.1 Å². The highest BCUT2D eigenvalue weighted by molar-refractivity contribution is 6.35. The largest absolute Gasteiger partial charge is 0.463 e. The zero-order chi connectivity index (χ0) is 17.9. The molecule has 0 aliphatic carbocycles. The number of carbonyl (C=O) groups excluding carboxylic acids is 3. The summed E-state index contributed by atoms with van der Waals surface area (Å²) in [4.78, 5) is 36.5. The minimum absolute atomic E-state index is 0.132. The molecule has 0 bridgehead atoms. The Kier molecular flexibility index (Phi) is 5.85. The number of esters is 1. The molecule has 1 atom stereocenters. The van der Waals surface area contributed by atoms with E-state index < -0.39 is 17.8 Å². The van der Waals surface area contributed by atoms with Gasteiger partial charge < -0.3 is 15.4 Å². The second kappa shape index (κ2) is 7.68. The van der Waals surface area contributed by atoms with Crippen LogP contribution in [0, 0.1) is 5.92 Å². The van der Waals surface area contributed by atoms with Crippen LogP contribution in [0.1, 0.15) is 20.3 Å². The third-order valence-corrected chi connectivity index (χ3v) is 4.03. The van der Waals surface area contributed by atoms with Crippen LogP contribution in [0.4, 0.5) is 5.69 Å². The molecule has 1 aromatic carbocycles. The van der Waals surface area contributed by atoms with Gasteiger partial charge >= 0.3 is 5.97 Å². The second-order valence-corrected chi connectivity index (χ2v) is 6.02. The summed E-state index contributed by atoms with van der Waals surface area (Å²) in [6.45, 7) is 3.38. The predicted molar refractivity (Wildman–Crippen MR) is 90.7 cm³/mol. The maximum absolute atomic E-state index is 12.6. The van der Waals surface area contributed by atoms with E-state index in [1.807, 2.05) is 0 Å². The van der Waals surface area contributed by atoms with Crippen molar-refractivity contribution in [2.75, 3.05) is 11.9 Å². The van der Waals surface area contributed by atoms with Gasteiger partial charge in [0.25, 0.3) is 0 Å². The molecule has 24 heavy (non-hydrogen) atoms. The fourth-order valence-corrected chi connectivity index (χ4v) is 2.75. The Hall–Kier alpha value is -2.05. The molecule has 0 aromatic heterocycles. The lowest BCUT2D eigenvalue weighted by Gasteiger charge is -2.25. The molecule has 2 amide bonds. The van der Waals surface area contributed by atoms with Crippen molar-refractivity contribution >= 4 is 46.7 Å². The van der Waals surface area contributed by atoms with Gasteiger partial charge in [-0.1, -0.05) is 23.2 Å². The van der Waals surface area contributed by atoms with Crippen molar-refractivity contribution in [1.82, 2.24) is 5.32 Å². The highest BCUT2D eigenvalue weighted by Crippen LogP contribution is 2.29. The molecule has 1 aromatic rings. The molecule has 0 fully saturated rings. The highest BCUT2D eigenvalue weighted by atomic mass is 35.5. The van der Waals surface area contributed by atoms with Crippen molar-refractivity contribution in [3.8, 4) is 0 Å². The van der Waals surface area contributed by atoms with Gasteiger partial charge in [-0.3, -0.25) is 9.59 Å². The lowest BCUT2D eigenvalue weighted by Crippen LogP contribution is -2.40. The summed E-state index contributed by atoms with van der Waals surface area (Å²) < 4.78 is 4.99. The maximum Gasteiger partial charge on any atom is 0.336 e. The molecule has 0 saturated heterocycles. The topological polar surface area (TPSA) is 84.5 Å². The van der Waals surface area contributed by atoms with Crippen LogP contribution in [0.25, 0.3) is 0 Å². The fourth-order valence-electron chi connectivity index (χ4n) is 2.42. The number of rotatable bonds is 4. The third-order valence-electron chi connectivity index (χ3n) is 3.47. The van der Waals surface area contributed by atoms with Crippen LogP contribution in [0.5, 0.6) is 0 Å². The Labute approximate surface area is 149 Å². The van der Waals surface area contributed by atoms with Gasteiger partial charge in [0.05, 0.1) is 28.8 Å². The van der Waals surface area contributed by atoms with Crippen LogP contribution < -0.4 is 10.6 Å². The number of anilines is 1. The molecule has 1 heterocycles. The molecule has 8 heteroatoms. The second-order valence-electron chi connectivity index (χ2n) is 5.18. The average Bonchev–Trinajstić information content (AvgIpc) is 2.50. The number of amides is 2. The number of ether oxygens (including phenoxy) is 1. The highest BCUT2D eigenvalue weighted by Gasteiger charge is 2.36. The minimum atomic E-state index is -0.965. The Balaban J connectivity index is 2.31. The number of carbonyl (C=O) groups is 3. The number of nitrogens with one attached hydrogen (secondary N) is 2. The fraction of sp³-hybridized carbons (Fsp3) is 0.312. The predicted octanol–water partition coefficient (Wildman–Crippen LogP) is 2.91. The van der Waals surface area contributed by atoms with Gasteiger partial charge in [0.2, 0.25) is 11.8 Å². The molecule has 1 aliphatic rings. The minimum Gasteiger partial charge on any atom is -0.463 e. The van der Waals surface area contributed by atoms with Crippen LogP contribution in [0.2, 0.25) is 10.0 Å². The van der Waals surface area contributed by atoms with Gasteiger partial charge in [-0.15, -0.1) is 0 Å². The van der Waals surface area contributed by atoms with E-state index in [0.717, 1.165) is 0 Å². The van der Waals surface area contributed by atoms with Gasteiger partial charge in [-0.25, -0.2) is 4.79 Å². The molecule has 1 unspecified atom stereocenters. The Morgan fingerprint density at radius 1 is 1.38 bits per heavy atom. The molecule has 2 rings (SSSR count). The van der Waals surface area contributed by atoms with E-state index in [4.69, 9.17) is 27.9 Å². The first-order valence-electron chi connectivity index (χ1n) is 7.27. The van der Waals surface area contributed by atoms with Gasteiger partial charge in [-0.05, 0) is 32.0 Å². The standard InChI is InChI=1S/C16H16Cl2N2O4/c1-3-24-16(23)14-8(2)19-13(21)7-10(14)15(22)20-12-6-9(17)4-5-11(12)18/h4-6,10H,3,7H2,1-2H3,(H,19,21)(H,20,22). The number of hydrogen-bond donors (Lipinski definition) is 2. The summed E-state index contributed by atoms with van der Waals surface area (Å²) in [5, 5.41) is 5.86. The number of hydrogen-bond acceptors (Lipinski definition) is 4. The van der Waals surface area contributed by atoms with Crippen molar-refractivity contribution in [3.05, 3.63) is 39.5 Å². The van der Waals surface area contributed by atoms with Crippen molar-refractivity contribution in [1.29, 1.82) is 0 Å². The van der Waals surface area contributed by atoms with Crippen molar-refractivity contribution in [3.63, 3.8) is 0 Å². The zero-order valence-corrected chi connectivity index (χ0v) is 14.6. The van der Waals surface area contributed by atoms with Crippen LogP contribution in [-0.2, 0) is 19.1 Å². The molecule has 6 nitrogen and oxygen atoms in total. The first-order valence-corrected chi connectivity index (χ1v) is 8.02. The third kappa shape index (κ3) is 4.07. The van der Waals surface area contributed by atoms with Crippen molar-refractivity contribution < 1.29 is 19.1 Å². The van der Waals surface area contributed by atoms with Crippen LogP contribution in [0.15, 0.2) is 29.5 Å². The van der Waals surface area contributed by atoms with E-state index in [9.17, 15) is 14.4 Å². The first-order chi connectivity index (χ1) is 11.3. The van der Waals surface area contributed by atoms with E-state index in [2.05, 4.69) is 10.6 Å². The number of halogens is 2. The smallest absolute Gasteiger partial charge is 0.336 e. The first kappa shape index (κ1) is 18.3. The van der Waals surface area contributed by atoms with E-state index in [-0.39, 0.29) is 24.5 Å². The van der Waals surface area contributed by atoms with E-state index in [0.29, 0.717) is 21.4 Å². The monoisotopic (exact) mass is 370 g/mol. The van der Waals surface area contributed by atoms with E-state index in [1.54, 1.807) is 26.0 Å². The van der Waals surface area contributed by atoms with E-state index >= 15 is 0 Å². The maximum atomic E-state index is 12.6. The molecule has 128 valence electrons. The number of benzene rings is 1. The summed E-state index contributed by atoms with van der Waals surface area (Å²) in [6.07, 6.45) is -0.157. The van der Waals surface area contributed by atoms with Gasteiger partial charge in [0.1, 0.15) is 0 Å². The zero-order valence-electron chi connectivity index (χ0n) is 13.1. The van der Waals surface area contributed by atoms with Crippen LogP contribution in [-0.4, -0.2) is 24.4 Å². The quantitative estimate of drug-likeness (QED) is 0.798. The van der Waals surface area contributed by atoms with Crippen LogP contribution >= 0.6 is 23.2 Å². The van der Waals surface area contributed by atoms with Crippen molar-refractivity contribution in [2.24, 2.45) is 5.92 Å². The molecule has 0 radical (unpaired) electrons.